The molecule has 1 aromatic carbocycles. The highest BCUT2D eigenvalue weighted by atomic mass is 35.5. The van der Waals surface area contributed by atoms with Crippen LogP contribution in [0.1, 0.15) is 18.7 Å². The van der Waals surface area contributed by atoms with E-state index in [2.05, 4.69) is 10.1 Å². The van der Waals surface area contributed by atoms with Crippen molar-refractivity contribution in [1.29, 1.82) is 0 Å². The van der Waals surface area contributed by atoms with Gasteiger partial charge in [0, 0.05) is 5.02 Å². The van der Waals surface area contributed by atoms with Crippen LogP contribution in [-0.4, -0.2) is 30.3 Å². The van der Waals surface area contributed by atoms with Crippen molar-refractivity contribution in [3.8, 4) is 17.1 Å². The van der Waals surface area contributed by atoms with Gasteiger partial charge in [0.15, 0.2) is 0 Å². The second-order valence-corrected chi connectivity index (χ2v) is 5.28. The van der Waals surface area contributed by atoms with Crippen LogP contribution in [0.3, 0.4) is 0 Å². The maximum absolute atomic E-state index is 11.8. The standard InChI is InChI=1S/C14H13ClN2O4/c1-19-10-7-8(15)3-4-9(10)11-16-12(21-17-11)14(5-6-14)13(18)20-2/h3-4,7H,5-6H2,1-2H3. The number of hydrogen-bond donors (Lipinski definition) is 0. The minimum absolute atomic E-state index is 0.279. The van der Waals surface area contributed by atoms with E-state index in [1.165, 1.54) is 14.2 Å². The third-order valence-electron chi connectivity index (χ3n) is 3.57. The number of hydrogen-bond acceptors (Lipinski definition) is 6. The zero-order valence-corrected chi connectivity index (χ0v) is 12.3. The number of nitrogens with zero attached hydrogens (tertiary/aromatic N) is 2. The van der Waals surface area contributed by atoms with Gasteiger partial charge in [0.2, 0.25) is 11.7 Å². The average molecular weight is 309 g/mol. The number of carbonyl (C=O) groups is 1. The zero-order valence-electron chi connectivity index (χ0n) is 11.6. The monoisotopic (exact) mass is 308 g/mol. The van der Waals surface area contributed by atoms with Crippen LogP contribution in [0.5, 0.6) is 5.75 Å². The summed E-state index contributed by atoms with van der Waals surface area (Å²) < 4.78 is 15.3. The maximum Gasteiger partial charge on any atom is 0.321 e. The Balaban J connectivity index is 1.98. The number of benzene rings is 1. The Bertz CT molecular complexity index is 694. The summed E-state index contributed by atoms with van der Waals surface area (Å²) >= 11 is 5.93. The summed E-state index contributed by atoms with van der Waals surface area (Å²) in [6.45, 7) is 0. The number of ether oxygens (including phenoxy) is 2. The Morgan fingerprint density at radius 1 is 1.38 bits per heavy atom. The van der Waals surface area contributed by atoms with Gasteiger partial charge in [-0.2, -0.15) is 4.98 Å². The highest BCUT2D eigenvalue weighted by Crippen LogP contribution is 2.49. The lowest BCUT2D eigenvalue weighted by Crippen LogP contribution is -2.22. The van der Waals surface area contributed by atoms with Gasteiger partial charge in [-0.3, -0.25) is 4.79 Å². The SMILES string of the molecule is COC(=O)C1(c2nc(-c3ccc(Cl)cc3OC)no2)CC1. The first-order chi connectivity index (χ1) is 10.1. The Morgan fingerprint density at radius 3 is 2.76 bits per heavy atom. The third-order valence-corrected chi connectivity index (χ3v) is 3.80. The summed E-state index contributed by atoms with van der Waals surface area (Å²) in [5.41, 5.74) is -0.128. The minimum atomic E-state index is -0.778. The van der Waals surface area contributed by atoms with Gasteiger partial charge >= 0.3 is 5.97 Å². The van der Waals surface area contributed by atoms with Crippen molar-refractivity contribution in [2.24, 2.45) is 0 Å². The van der Waals surface area contributed by atoms with Crippen LogP contribution < -0.4 is 4.74 Å². The summed E-state index contributed by atoms with van der Waals surface area (Å²) in [6.07, 6.45) is 1.30. The fourth-order valence-electron chi connectivity index (χ4n) is 2.20. The van der Waals surface area contributed by atoms with Crippen molar-refractivity contribution in [3.05, 3.63) is 29.1 Å². The molecule has 1 heterocycles. The Morgan fingerprint density at radius 2 is 2.14 bits per heavy atom. The number of methoxy groups -OCH3 is 2. The second-order valence-electron chi connectivity index (χ2n) is 4.84. The van der Waals surface area contributed by atoms with Crippen LogP contribution in [0, 0.1) is 0 Å². The first-order valence-corrected chi connectivity index (χ1v) is 6.75. The molecule has 0 atom stereocenters. The molecule has 1 aliphatic carbocycles. The lowest BCUT2D eigenvalue weighted by Gasteiger charge is -2.06. The summed E-state index contributed by atoms with van der Waals surface area (Å²) in [4.78, 5) is 16.1. The van der Waals surface area contributed by atoms with E-state index in [1.807, 2.05) is 0 Å². The van der Waals surface area contributed by atoms with Gasteiger partial charge in [0.1, 0.15) is 11.2 Å². The van der Waals surface area contributed by atoms with Crippen LogP contribution >= 0.6 is 11.6 Å². The molecule has 0 aliphatic heterocycles. The smallest absolute Gasteiger partial charge is 0.321 e. The van der Waals surface area contributed by atoms with Crippen LogP contribution in [0.25, 0.3) is 11.4 Å². The van der Waals surface area contributed by atoms with E-state index in [0.29, 0.717) is 35.0 Å². The third kappa shape index (κ3) is 2.25. The molecule has 21 heavy (non-hydrogen) atoms. The molecular formula is C14H13ClN2O4. The first-order valence-electron chi connectivity index (χ1n) is 6.37. The Labute approximate surface area is 126 Å². The van der Waals surface area contributed by atoms with E-state index >= 15 is 0 Å². The number of rotatable bonds is 4. The summed E-state index contributed by atoms with van der Waals surface area (Å²) in [5.74, 6) is 0.827. The topological polar surface area (TPSA) is 74.5 Å². The highest BCUT2D eigenvalue weighted by molar-refractivity contribution is 6.30. The summed E-state index contributed by atoms with van der Waals surface area (Å²) in [6, 6.07) is 5.12. The fraction of sp³-hybridized carbons (Fsp3) is 0.357. The molecule has 0 N–H and O–H groups in total. The van der Waals surface area contributed by atoms with E-state index < -0.39 is 5.41 Å². The van der Waals surface area contributed by atoms with Gasteiger partial charge in [-0.15, -0.1) is 0 Å². The van der Waals surface area contributed by atoms with Crippen LogP contribution in [0.15, 0.2) is 22.7 Å². The van der Waals surface area contributed by atoms with Crippen molar-refractivity contribution < 1.29 is 18.8 Å². The van der Waals surface area contributed by atoms with Gasteiger partial charge in [-0.1, -0.05) is 16.8 Å². The molecule has 1 aromatic heterocycles. The van der Waals surface area contributed by atoms with E-state index in [9.17, 15) is 4.79 Å². The van der Waals surface area contributed by atoms with Crippen LogP contribution in [0.4, 0.5) is 0 Å². The molecule has 0 radical (unpaired) electrons. The summed E-state index contributed by atoms with van der Waals surface area (Å²) in [7, 11) is 2.88. The Kier molecular flexibility index (Phi) is 3.33. The number of carbonyl (C=O) groups excluding carboxylic acids is 1. The van der Waals surface area contributed by atoms with E-state index in [4.69, 9.17) is 25.6 Å². The molecule has 1 fully saturated rings. The average Bonchev–Trinajstić information content (AvgIpc) is 3.17. The zero-order chi connectivity index (χ0) is 15.0. The normalized spacial score (nSPS) is 15.6. The molecule has 110 valence electrons. The quantitative estimate of drug-likeness (QED) is 0.808. The molecule has 0 saturated heterocycles. The predicted molar refractivity (Wildman–Crippen MR) is 74.2 cm³/mol. The molecular weight excluding hydrogens is 296 g/mol. The maximum atomic E-state index is 11.8. The van der Waals surface area contributed by atoms with Crippen molar-refractivity contribution in [1.82, 2.24) is 10.1 Å². The van der Waals surface area contributed by atoms with E-state index in [-0.39, 0.29) is 11.9 Å². The van der Waals surface area contributed by atoms with Crippen molar-refractivity contribution in [3.63, 3.8) is 0 Å². The second kappa shape index (κ2) is 5.04. The van der Waals surface area contributed by atoms with Gasteiger partial charge in [0.25, 0.3) is 0 Å². The van der Waals surface area contributed by atoms with Gasteiger partial charge in [-0.25, -0.2) is 0 Å². The largest absolute Gasteiger partial charge is 0.496 e. The van der Waals surface area contributed by atoms with Gasteiger partial charge in [0.05, 0.1) is 19.8 Å². The molecule has 0 unspecified atom stereocenters. The number of esters is 1. The van der Waals surface area contributed by atoms with Crippen molar-refractivity contribution >= 4 is 17.6 Å². The van der Waals surface area contributed by atoms with E-state index in [0.717, 1.165) is 0 Å². The van der Waals surface area contributed by atoms with Crippen LogP contribution in [-0.2, 0) is 14.9 Å². The lowest BCUT2D eigenvalue weighted by molar-refractivity contribution is -0.144. The van der Waals surface area contributed by atoms with Crippen molar-refractivity contribution in [2.45, 2.75) is 18.3 Å². The molecule has 0 amide bonds. The first kappa shape index (κ1) is 13.9. The number of aromatic nitrogens is 2. The predicted octanol–water partition coefficient (Wildman–Crippen LogP) is 2.60. The Hall–Kier alpha value is -2.08. The number of halogens is 1. The molecule has 0 bridgehead atoms. The van der Waals surface area contributed by atoms with Crippen molar-refractivity contribution in [2.75, 3.05) is 14.2 Å². The lowest BCUT2D eigenvalue weighted by atomic mass is 10.1. The van der Waals surface area contributed by atoms with Crippen LogP contribution in [0.2, 0.25) is 5.02 Å². The molecule has 2 aromatic rings. The molecule has 1 aliphatic rings. The minimum Gasteiger partial charge on any atom is -0.496 e. The molecule has 0 spiro atoms. The fourth-order valence-corrected chi connectivity index (χ4v) is 2.36. The molecule has 1 saturated carbocycles. The van der Waals surface area contributed by atoms with Gasteiger partial charge < -0.3 is 14.0 Å². The molecule has 3 rings (SSSR count). The molecule has 7 heteroatoms. The highest BCUT2D eigenvalue weighted by Gasteiger charge is 2.57. The molecule has 6 nitrogen and oxygen atoms in total. The summed E-state index contributed by atoms with van der Waals surface area (Å²) in [5, 5.41) is 4.48. The van der Waals surface area contributed by atoms with Gasteiger partial charge in [-0.05, 0) is 31.0 Å². The van der Waals surface area contributed by atoms with E-state index in [1.54, 1.807) is 18.2 Å².